The van der Waals surface area contributed by atoms with Gasteiger partial charge in [0.15, 0.2) is 0 Å². The lowest BCUT2D eigenvalue weighted by Crippen LogP contribution is -2.37. The van der Waals surface area contributed by atoms with Crippen molar-refractivity contribution < 1.29 is 24.3 Å². The lowest BCUT2D eigenvalue weighted by molar-refractivity contribution is -0.194. The molecule has 3 rings (SSSR count). The first-order valence-electron chi connectivity index (χ1n) is 11.7. The lowest BCUT2D eigenvalue weighted by atomic mass is 9.93. The highest BCUT2D eigenvalue weighted by Gasteiger charge is 2.22. The van der Waals surface area contributed by atoms with E-state index in [9.17, 15) is 14.7 Å². The van der Waals surface area contributed by atoms with Crippen molar-refractivity contribution in [2.45, 2.75) is 51.2 Å². The van der Waals surface area contributed by atoms with Gasteiger partial charge in [0, 0.05) is 0 Å². The molecule has 2 aromatic carbocycles. The van der Waals surface area contributed by atoms with Crippen molar-refractivity contribution in [3.05, 3.63) is 65.7 Å². The van der Waals surface area contributed by atoms with Crippen molar-refractivity contribution in [2.24, 2.45) is 5.92 Å². The van der Waals surface area contributed by atoms with Crippen LogP contribution >= 0.6 is 0 Å². The van der Waals surface area contributed by atoms with E-state index in [-0.39, 0.29) is 13.0 Å². The maximum absolute atomic E-state index is 11.6. The number of piperidine rings is 1. The monoisotopic (exact) mass is 454 g/mol. The Balaban J connectivity index is 1.49. The van der Waals surface area contributed by atoms with Gasteiger partial charge in [0.1, 0.15) is 12.4 Å². The molecule has 1 fully saturated rings. The minimum absolute atomic E-state index is 0.194. The summed E-state index contributed by atoms with van der Waals surface area (Å²) in [4.78, 5) is 28.7. The Morgan fingerprint density at radius 1 is 1.09 bits per heavy atom. The first-order valence-corrected chi connectivity index (χ1v) is 11.7. The van der Waals surface area contributed by atoms with E-state index in [0.717, 1.165) is 47.4 Å². The Bertz CT molecular complexity index is 838. The first kappa shape index (κ1) is 24.7. The number of carboxylic acid groups (broad SMARTS) is 1. The maximum Gasteiger partial charge on any atom is 0.305 e. The van der Waals surface area contributed by atoms with E-state index in [0.29, 0.717) is 19.4 Å². The van der Waals surface area contributed by atoms with Gasteiger partial charge in [-0.1, -0.05) is 42.5 Å². The van der Waals surface area contributed by atoms with E-state index in [1.807, 2.05) is 54.6 Å². The Labute approximate surface area is 195 Å². The van der Waals surface area contributed by atoms with Crippen molar-refractivity contribution in [3.63, 3.8) is 0 Å². The van der Waals surface area contributed by atoms with Crippen LogP contribution in [-0.4, -0.2) is 48.3 Å². The number of hydroxylamine groups is 2. The van der Waals surface area contributed by atoms with Crippen molar-refractivity contribution in [1.29, 1.82) is 0 Å². The van der Waals surface area contributed by atoms with E-state index in [1.54, 1.807) is 0 Å². The molecule has 1 aliphatic heterocycles. The summed E-state index contributed by atoms with van der Waals surface area (Å²) in [6.07, 6.45) is 5.45. The van der Waals surface area contributed by atoms with Crippen LogP contribution in [0.15, 0.2) is 54.6 Å². The number of amides is 1. The molecule has 178 valence electrons. The van der Waals surface area contributed by atoms with Gasteiger partial charge in [-0.25, -0.2) is 5.06 Å². The molecule has 1 saturated heterocycles. The number of nitrogens with one attached hydrogen (secondary N) is 1. The maximum atomic E-state index is 11.6. The Morgan fingerprint density at radius 3 is 2.48 bits per heavy atom. The molecule has 1 atom stereocenters. The van der Waals surface area contributed by atoms with Crippen molar-refractivity contribution in [3.8, 4) is 5.75 Å². The average Bonchev–Trinajstić information content (AvgIpc) is 2.84. The normalized spacial score (nSPS) is 15.0. The Morgan fingerprint density at radius 2 is 1.82 bits per heavy atom. The number of carbonyl (C=O) groups is 2. The topological polar surface area (TPSA) is 88.1 Å². The smallest absolute Gasteiger partial charge is 0.305 e. The fourth-order valence-corrected chi connectivity index (χ4v) is 4.13. The van der Waals surface area contributed by atoms with E-state index < -0.39 is 12.0 Å². The summed E-state index contributed by atoms with van der Waals surface area (Å²) in [5, 5.41) is 13.8. The van der Waals surface area contributed by atoms with Gasteiger partial charge in [0.25, 0.3) is 0 Å². The second-order valence-corrected chi connectivity index (χ2v) is 8.51. The summed E-state index contributed by atoms with van der Waals surface area (Å²) in [7, 11) is 0. The third-order valence-electron chi connectivity index (χ3n) is 5.98. The third-order valence-corrected chi connectivity index (χ3v) is 5.98. The number of hydrogen-bond donors (Lipinski definition) is 2. The van der Waals surface area contributed by atoms with Crippen LogP contribution in [0.2, 0.25) is 0 Å². The van der Waals surface area contributed by atoms with Gasteiger partial charge in [-0.3, -0.25) is 14.4 Å². The number of rotatable bonds is 14. The zero-order chi connectivity index (χ0) is 23.3. The van der Waals surface area contributed by atoms with Gasteiger partial charge in [-0.05, 0) is 74.4 Å². The molecule has 0 spiro atoms. The second kappa shape index (κ2) is 13.6. The number of carbonyl (C=O) groups excluding carboxylic acids is 1. The second-order valence-electron chi connectivity index (χ2n) is 8.51. The molecular formula is C26H34N2O5. The molecule has 0 radical (unpaired) electrons. The number of benzene rings is 2. The van der Waals surface area contributed by atoms with E-state index in [4.69, 9.17) is 9.57 Å². The molecule has 0 bridgehead atoms. The van der Waals surface area contributed by atoms with Gasteiger partial charge in [-0.2, -0.15) is 0 Å². The van der Waals surface area contributed by atoms with Crippen molar-refractivity contribution in [1.82, 2.24) is 10.4 Å². The summed E-state index contributed by atoms with van der Waals surface area (Å²) >= 11 is 0. The minimum Gasteiger partial charge on any atom is -0.494 e. The van der Waals surface area contributed by atoms with E-state index >= 15 is 0 Å². The fraction of sp³-hybridized carbons (Fsp3) is 0.462. The first-order chi connectivity index (χ1) is 16.1. The SMILES string of the molecule is O=CN(OCc1ccccc1)C(CC(=O)O)Cc1ccc(OCCCC2CCNCC2)cc1. The standard InChI is InChI=1S/C26H34N2O5/c29-20-28(33-19-23-5-2-1-3-6-23)24(18-26(30)31)17-22-8-10-25(11-9-22)32-16-4-7-21-12-14-27-15-13-21/h1-3,5-6,8-11,20-21,24,27H,4,7,12-19H2,(H,30,31). The zero-order valence-corrected chi connectivity index (χ0v) is 19.0. The summed E-state index contributed by atoms with van der Waals surface area (Å²) in [6, 6.07) is 16.5. The fourth-order valence-electron chi connectivity index (χ4n) is 4.13. The molecule has 7 heteroatoms. The summed E-state index contributed by atoms with van der Waals surface area (Å²) < 4.78 is 5.88. The number of ether oxygens (including phenoxy) is 1. The molecule has 0 aromatic heterocycles. The highest BCUT2D eigenvalue weighted by molar-refractivity contribution is 5.68. The molecule has 33 heavy (non-hydrogen) atoms. The van der Waals surface area contributed by atoms with Crippen molar-refractivity contribution >= 4 is 12.4 Å². The van der Waals surface area contributed by atoms with Crippen LogP contribution in [0.25, 0.3) is 0 Å². The summed E-state index contributed by atoms with van der Waals surface area (Å²) in [6.45, 7) is 3.13. The Kier molecular flexibility index (Phi) is 10.2. The quantitative estimate of drug-likeness (QED) is 0.256. The molecule has 1 amide bonds. The molecule has 0 saturated carbocycles. The molecule has 1 heterocycles. The highest BCUT2D eigenvalue weighted by Crippen LogP contribution is 2.20. The van der Waals surface area contributed by atoms with Gasteiger partial charge in [-0.15, -0.1) is 0 Å². The molecule has 2 N–H and O–H groups in total. The van der Waals surface area contributed by atoms with Gasteiger partial charge in [0.05, 0.1) is 19.1 Å². The average molecular weight is 455 g/mol. The summed E-state index contributed by atoms with van der Waals surface area (Å²) in [5.74, 6) is 0.614. The highest BCUT2D eigenvalue weighted by atomic mass is 16.7. The zero-order valence-electron chi connectivity index (χ0n) is 19.0. The van der Waals surface area contributed by atoms with Crippen LogP contribution in [0.5, 0.6) is 5.75 Å². The summed E-state index contributed by atoms with van der Waals surface area (Å²) in [5.41, 5.74) is 1.82. The number of aliphatic carboxylic acids is 1. The van der Waals surface area contributed by atoms with Crippen LogP contribution in [0.3, 0.4) is 0 Å². The largest absolute Gasteiger partial charge is 0.494 e. The number of carboxylic acids is 1. The number of hydrogen-bond acceptors (Lipinski definition) is 5. The van der Waals surface area contributed by atoms with Crippen LogP contribution < -0.4 is 10.1 Å². The van der Waals surface area contributed by atoms with Gasteiger partial charge in [0.2, 0.25) is 6.41 Å². The molecular weight excluding hydrogens is 420 g/mol. The van der Waals surface area contributed by atoms with Crippen LogP contribution in [0.1, 0.15) is 43.2 Å². The van der Waals surface area contributed by atoms with Gasteiger partial charge >= 0.3 is 5.97 Å². The number of nitrogens with zero attached hydrogens (tertiary/aromatic N) is 1. The molecule has 0 aliphatic carbocycles. The van der Waals surface area contributed by atoms with Crippen molar-refractivity contribution in [2.75, 3.05) is 19.7 Å². The van der Waals surface area contributed by atoms with Gasteiger partial charge < -0.3 is 15.2 Å². The molecule has 2 aromatic rings. The van der Waals surface area contributed by atoms with Crippen LogP contribution in [0, 0.1) is 5.92 Å². The van der Waals surface area contributed by atoms with Crippen LogP contribution in [0.4, 0.5) is 0 Å². The van der Waals surface area contributed by atoms with E-state index in [1.165, 1.54) is 19.3 Å². The predicted molar refractivity (Wildman–Crippen MR) is 126 cm³/mol. The predicted octanol–water partition coefficient (Wildman–Crippen LogP) is 3.82. The van der Waals surface area contributed by atoms with Crippen LogP contribution in [-0.2, 0) is 27.5 Å². The molecule has 7 nitrogen and oxygen atoms in total. The molecule has 1 aliphatic rings. The minimum atomic E-state index is -0.983. The Hall–Kier alpha value is -2.90. The third kappa shape index (κ3) is 8.86. The lowest BCUT2D eigenvalue weighted by Gasteiger charge is -2.26. The van der Waals surface area contributed by atoms with E-state index in [2.05, 4.69) is 5.32 Å². The molecule has 1 unspecified atom stereocenters.